The molecule has 33 heavy (non-hydrogen) atoms. The van der Waals surface area contributed by atoms with Crippen LogP contribution in [0.25, 0.3) is 5.65 Å². The smallest absolute Gasteiger partial charge is 0.201 e. The summed E-state index contributed by atoms with van der Waals surface area (Å²) < 4.78 is 7.93. The van der Waals surface area contributed by atoms with E-state index in [2.05, 4.69) is 26.5 Å². The molecule has 1 aliphatic heterocycles. The summed E-state index contributed by atoms with van der Waals surface area (Å²) in [6, 6.07) is 9.58. The molecule has 1 unspecified atom stereocenters. The van der Waals surface area contributed by atoms with Gasteiger partial charge in [-0.25, -0.2) is 9.97 Å². The molecule has 3 N–H and O–H groups in total. The monoisotopic (exact) mass is 464 g/mol. The zero-order valence-corrected chi connectivity index (χ0v) is 19.3. The number of nitrogens with two attached hydrogens (primary N) is 1. The highest BCUT2D eigenvalue weighted by Crippen LogP contribution is 2.26. The summed E-state index contributed by atoms with van der Waals surface area (Å²) in [6.07, 6.45) is 4.76. The maximum Gasteiger partial charge on any atom is 0.201 e. The van der Waals surface area contributed by atoms with Crippen molar-refractivity contribution in [2.75, 3.05) is 13.1 Å². The molecular weight excluding hydrogens is 440 g/mol. The Morgan fingerprint density at radius 3 is 2.76 bits per heavy atom. The first-order valence-electron chi connectivity index (χ1n) is 10.7. The van der Waals surface area contributed by atoms with E-state index >= 15 is 0 Å². The first-order valence-corrected chi connectivity index (χ1v) is 11.1. The molecule has 3 aromatic rings. The van der Waals surface area contributed by atoms with Crippen molar-refractivity contribution in [1.29, 1.82) is 5.26 Å². The number of aromatic nitrogens is 3. The number of hydrazone groups is 1. The summed E-state index contributed by atoms with van der Waals surface area (Å²) in [5.74, 6) is 6.24. The van der Waals surface area contributed by atoms with Gasteiger partial charge < -0.3 is 15.9 Å². The Morgan fingerprint density at radius 2 is 2.09 bits per heavy atom. The van der Waals surface area contributed by atoms with Gasteiger partial charge in [0.1, 0.15) is 34.4 Å². The lowest BCUT2D eigenvalue weighted by molar-refractivity contribution is 0.214. The molecule has 3 aromatic heterocycles. The van der Waals surface area contributed by atoms with Gasteiger partial charge >= 0.3 is 0 Å². The Hall–Kier alpha value is -3.48. The van der Waals surface area contributed by atoms with E-state index in [1.165, 1.54) is 6.20 Å². The topological polar surface area (TPSA) is 126 Å². The van der Waals surface area contributed by atoms with Crippen LogP contribution in [0.15, 0.2) is 46.8 Å². The van der Waals surface area contributed by atoms with Crippen LogP contribution >= 0.6 is 11.6 Å². The number of imidazole rings is 1. The van der Waals surface area contributed by atoms with E-state index in [4.69, 9.17) is 27.2 Å². The minimum atomic E-state index is -0.357. The number of nitrogens with zero attached hydrogens (tertiary/aromatic N) is 6. The Morgan fingerprint density at radius 1 is 1.30 bits per heavy atom. The third kappa shape index (κ3) is 4.97. The van der Waals surface area contributed by atoms with E-state index in [1.807, 2.05) is 32.0 Å². The number of ether oxygens (including phenoxy) is 1. The average molecular weight is 465 g/mol. The summed E-state index contributed by atoms with van der Waals surface area (Å²) in [5, 5.41) is 17.4. The number of nitriles is 1. The zero-order chi connectivity index (χ0) is 23.4. The molecule has 0 amide bonds. The normalized spacial score (nSPS) is 16.5. The van der Waals surface area contributed by atoms with E-state index in [0.717, 1.165) is 37.2 Å². The SMILES string of the molecule is CC(=NC1CCNCC1)/C(=N\N)c1cc(OC(C)c2ccc(Cl)nc2)n2c(C#N)cnc2c1. The highest BCUT2D eigenvalue weighted by atomic mass is 35.5. The molecular formula is C23H25ClN8O. The van der Waals surface area contributed by atoms with Gasteiger partial charge in [0.15, 0.2) is 0 Å². The predicted octanol–water partition coefficient (Wildman–Crippen LogP) is 3.27. The van der Waals surface area contributed by atoms with Gasteiger partial charge in [-0.2, -0.15) is 10.4 Å². The van der Waals surface area contributed by atoms with Crippen LogP contribution < -0.4 is 15.9 Å². The van der Waals surface area contributed by atoms with Gasteiger partial charge in [-0.05, 0) is 51.9 Å². The number of fused-ring (bicyclic) bond motifs is 1. The third-order valence-electron chi connectivity index (χ3n) is 5.63. The zero-order valence-electron chi connectivity index (χ0n) is 18.5. The van der Waals surface area contributed by atoms with E-state index in [0.29, 0.717) is 33.6 Å². The van der Waals surface area contributed by atoms with Crippen molar-refractivity contribution >= 4 is 28.7 Å². The molecule has 9 nitrogen and oxygen atoms in total. The van der Waals surface area contributed by atoms with Crippen LogP contribution in [0.4, 0.5) is 0 Å². The largest absolute Gasteiger partial charge is 0.471 e. The molecule has 1 aliphatic rings. The molecule has 0 bridgehead atoms. The highest BCUT2D eigenvalue weighted by Gasteiger charge is 2.19. The van der Waals surface area contributed by atoms with Crippen molar-refractivity contribution in [3.05, 3.63) is 58.6 Å². The molecule has 0 spiro atoms. The summed E-state index contributed by atoms with van der Waals surface area (Å²) in [4.78, 5) is 13.4. The van der Waals surface area contributed by atoms with Crippen molar-refractivity contribution in [2.24, 2.45) is 15.9 Å². The van der Waals surface area contributed by atoms with Crippen LogP contribution in [0.5, 0.6) is 5.88 Å². The van der Waals surface area contributed by atoms with Gasteiger partial charge in [-0.3, -0.25) is 9.39 Å². The van der Waals surface area contributed by atoms with Gasteiger partial charge in [0, 0.05) is 23.4 Å². The molecule has 170 valence electrons. The minimum absolute atomic E-state index is 0.233. The molecule has 0 saturated carbocycles. The number of aliphatic imine (C=N–C) groups is 1. The number of rotatable bonds is 6. The van der Waals surface area contributed by atoms with Gasteiger partial charge in [0.2, 0.25) is 5.88 Å². The van der Waals surface area contributed by atoms with Crippen LogP contribution in [0.2, 0.25) is 5.15 Å². The number of pyridine rings is 2. The number of piperidine rings is 1. The van der Waals surface area contributed by atoms with Crippen molar-refractivity contribution in [1.82, 2.24) is 19.7 Å². The second-order valence-corrected chi connectivity index (χ2v) is 8.27. The standard InChI is InChI=1S/C23H25ClN8O/c1-14(30-18-5-7-27-8-6-18)23(31-26)17-9-21-29-13-19(11-25)32(21)22(10-17)33-15(2)16-3-4-20(24)28-12-16/h3-4,9-10,12-13,15,18,27H,5-8,26H2,1-2H3/b30-14?,31-23+. The fraction of sp³-hybridized carbons (Fsp3) is 0.348. The van der Waals surface area contributed by atoms with Crippen LogP contribution in [0.3, 0.4) is 0 Å². The molecule has 1 atom stereocenters. The van der Waals surface area contributed by atoms with Crippen molar-refractivity contribution < 1.29 is 4.74 Å². The molecule has 10 heteroatoms. The fourth-order valence-corrected chi connectivity index (χ4v) is 4.02. The van der Waals surface area contributed by atoms with Gasteiger partial charge in [-0.1, -0.05) is 17.7 Å². The number of halogens is 1. The second-order valence-electron chi connectivity index (χ2n) is 7.88. The number of hydrogen-bond donors (Lipinski definition) is 2. The van der Waals surface area contributed by atoms with Crippen LogP contribution in [0.1, 0.15) is 49.6 Å². The molecule has 0 aliphatic carbocycles. The van der Waals surface area contributed by atoms with E-state index in [9.17, 15) is 5.26 Å². The quantitative estimate of drug-likeness (QED) is 0.249. The molecule has 0 radical (unpaired) electrons. The first-order chi connectivity index (χ1) is 16.0. The predicted molar refractivity (Wildman–Crippen MR) is 128 cm³/mol. The molecule has 1 saturated heterocycles. The molecule has 4 rings (SSSR count). The van der Waals surface area contributed by atoms with E-state index < -0.39 is 0 Å². The highest BCUT2D eigenvalue weighted by molar-refractivity contribution is 6.47. The molecule has 0 aromatic carbocycles. The summed E-state index contributed by atoms with van der Waals surface area (Å²) in [6.45, 7) is 5.70. The fourth-order valence-electron chi connectivity index (χ4n) is 3.90. The summed E-state index contributed by atoms with van der Waals surface area (Å²) in [5.41, 5.74) is 3.78. The van der Waals surface area contributed by atoms with Crippen LogP contribution in [0, 0.1) is 11.3 Å². The lowest BCUT2D eigenvalue weighted by Crippen LogP contribution is -2.31. The van der Waals surface area contributed by atoms with Crippen LogP contribution in [-0.2, 0) is 0 Å². The van der Waals surface area contributed by atoms with Crippen molar-refractivity contribution in [3.63, 3.8) is 0 Å². The summed E-state index contributed by atoms with van der Waals surface area (Å²) >= 11 is 5.91. The lowest BCUT2D eigenvalue weighted by Gasteiger charge is -2.20. The van der Waals surface area contributed by atoms with Crippen molar-refractivity contribution in [2.45, 2.75) is 38.8 Å². The molecule has 4 heterocycles. The lowest BCUT2D eigenvalue weighted by atomic mass is 10.0. The second kappa shape index (κ2) is 9.98. The van der Waals surface area contributed by atoms with Gasteiger partial charge in [-0.15, -0.1) is 0 Å². The maximum atomic E-state index is 9.57. The third-order valence-corrected chi connectivity index (χ3v) is 5.86. The number of hydrogen-bond acceptors (Lipinski definition) is 8. The Bertz CT molecular complexity index is 1240. The maximum absolute atomic E-state index is 9.57. The number of nitrogens with one attached hydrogen (secondary N) is 1. The van der Waals surface area contributed by atoms with E-state index in [-0.39, 0.29) is 12.1 Å². The van der Waals surface area contributed by atoms with E-state index in [1.54, 1.807) is 16.7 Å². The van der Waals surface area contributed by atoms with Crippen LogP contribution in [-0.4, -0.2) is 44.9 Å². The van der Waals surface area contributed by atoms with Gasteiger partial charge in [0.25, 0.3) is 0 Å². The average Bonchev–Trinajstić information content (AvgIpc) is 3.24. The Balaban J connectivity index is 1.73. The van der Waals surface area contributed by atoms with Crippen molar-refractivity contribution in [3.8, 4) is 11.9 Å². The first kappa shape index (κ1) is 22.7. The Kier molecular flexibility index (Phi) is 6.87. The Labute approximate surface area is 197 Å². The minimum Gasteiger partial charge on any atom is -0.471 e. The molecule has 1 fully saturated rings. The summed E-state index contributed by atoms with van der Waals surface area (Å²) in [7, 11) is 0. The van der Waals surface area contributed by atoms with Gasteiger partial charge in [0.05, 0.1) is 18.0 Å².